The van der Waals surface area contributed by atoms with Crippen LogP contribution < -0.4 is 5.32 Å². The molecule has 14 heavy (non-hydrogen) atoms. The molecule has 2 heterocycles. The van der Waals surface area contributed by atoms with Gasteiger partial charge in [-0.1, -0.05) is 5.16 Å². The molecule has 74 valence electrons. The molecule has 0 aliphatic heterocycles. The van der Waals surface area contributed by atoms with E-state index in [0.29, 0.717) is 0 Å². The number of aryl methyl sites for hydroxylation is 1. The first kappa shape index (κ1) is 8.87. The van der Waals surface area contributed by atoms with Gasteiger partial charge in [-0.2, -0.15) is 0 Å². The van der Waals surface area contributed by atoms with Crippen LogP contribution in [0.3, 0.4) is 0 Å². The molecule has 2 aromatic heterocycles. The van der Waals surface area contributed by atoms with E-state index in [0.717, 1.165) is 18.9 Å². The molecule has 0 aliphatic rings. The average Bonchev–Trinajstić information content (AvgIpc) is 2.86. The highest BCUT2D eigenvalue weighted by molar-refractivity contribution is 5.32. The molecule has 0 unspecified atom stereocenters. The van der Waals surface area contributed by atoms with Crippen molar-refractivity contribution in [2.24, 2.45) is 0 Å². The van der Waals surface area contributed by atoms with Gasteiger partial charge in [0.05, 0.1) is 0 Å². The Labute approximate surface area is 82.5 Å². The van der Waals surface area contributed by atoms with Gasteiger partial charge in [-0.15, -0.1) is 0 Å². The predicted molar refractivity (Wildman–Crippen MR) is 53.9 cm³/mol. The number of hydrogen-bond donors (Lipinski definition) is 1. The third-order valence-corrected chi connectivity index (χ3v) is 2.09. The van der Waals surface area contributed by atoms with Crippen molar-refractivity contribution in [3.63, 3.8) is 0 Å². The largest absolute Gasteiger partial charge is 0.363 e. The van der Waals surface area contributed by atoms with Crippen LogP contribution in [-0.4, -0.2) is 9.72 Å². The summed E-state index contributed by atoms with van der Waals surface area (Å²) in [6.07, 6.45) is 5.74. The van der Waals surface area contributed by atoms with Gasteiger partial charge >= 0.3 is 0 Å². The first-order chi connectivity index (χ1) is 6.88. The fraction of sp³-hybridized carbons (Fsp3) is 0.300. The van der Waals surface area contributed by atoms with Crippen molar-refractivity contribution in [3.05, 3.63) is 36.4 Å². The lowest BCUT2D eigenvalue weighted by Gasteiger charge is -1.98. The number of hydrogen-bond acceptors (Lipinski definition) is 3. The molecule has 0 atom stereocenters. The maximum atomic E-state index is 4.71. The monoisotopic (exact) mass is 191 g/mol. The maximum Gasteiger partial charge on any atom is 0.169 e. The van der Waals surface area contributed by atoms with Crippen molar-refractivity contribution < 1.29 is 4.52 Å². The molecule has 4 heteroatoms. The Morgan fingerprint density at radius 1 is 1.50 bits per heavy atom. The summed E-state index contributed by atoms with van der Waals surface area (Å²) >= 11 is 0. The SMILES string of the molecule is CCn1ccc(CNc2ccon2)c1. The zero-order chi connectivity index (χ0) is 9.80. The zero-order valence-corrected chi connectivity index (χ0v) is 8.10. The number of nitrogens with one attached hydrogen (secondary N) is 1. The van der Waals surface area contributed by atoms with E-state index >= 15 is 0 Å². The summed E-state index contributed by atoms with van der Waals surface area (Å²) in [5.74, 6) is 0.772. The molecule has 0 amide bonds. The molecular formula is C10H13N3O. The highest BCUT2D eigenvalue weighted by Crippen LogP contribution is 2.06. The van der Waals surface area contributed by atoms with E-state index in [1.807, 2.05) is 0 Å². The van der Waals surface area contributed by atoms with Crippen LogP contribution in [0.25, 0.3) is 0 Å². The van der Waals surface area contributed by atoms with Gasteiger partial charge in [-0.05, 0) is 18.6 Å². The molecule has 4 nitrogen and oxygen atoms in total. The second-order valence-corrected chi connectivity index (χ2v) is 3.09. The molecule has 0 saturated heterocycles. The van der Waals surface area contributed by atoms with E-state index in [2.05, 4.69) is 40.4 Å². The topological polar surface area (TPSA) is 43.0 Å². The van der Waals surface area contributed by atoms with Crippen LogP contribution in [0, 0.1) is 0 Å². The molecule has 0 fully saturated rings. The van der Waals surface area contributed by atoms with Crippen LogP contribution >= 0.6 is 0 Å². The summed E-state index contributed by atoms with van der Waals surface area (Å²) in [7, 11) is 0. The van der Waals surface area contributed by atoms with Crippen LogP contribution in [0.5, 0.6) is 0 Å². The summed E-state index contributed by atoms with van der Waals surface area (Å²) in [5, 5.41) is 6.93. The minimum Gasteiger partial charge on any atom is -0.363 e. The minimum absolute atomic E-state index is 0.772. The minimum atomic E-state index is 0.772. The first-order valence-electron chi connectivity index (χ1n) is 4.67. The summed E-state index contributed by atoms with van der Waals surface area (Å²) in [5.41, 5.74) is 1.25. The third kappa shape index (κ3) is 1.96. The lowest BCUT2D eigenvalue weighted by atomic mass is 10.3. The highest BCUT2D eigenvalue weighted by atomic mass is 16.5. The average molecular weight is 191 g/mol. The van der Waals surface area contributed by atoms with Crippen LogP contribution in [0.1, 0.15) is 12.5 Å². The standard InChI is InChI=1S/C10H13N3O/c1-2-13-5-3-9(8-13)7-11-10-4-6-14-12-10/h3-6,8H,2,7H2,1H3,(H,11,12). The van der Waals surface area contributed by atoms with Crippen molar-refractivity contribution in [2.75, 3.05) is 5.32 Å². The normalized spacial score (nSPS) is 10.4. The van der Waals surface area contributed by atoms with Gasteiger partial charge in [0, 0.05) is 31.5 Å². The van der Waals surface area contributed by atoms with Gasteiger partial charge in [0.15, 0.2) is 5.82 Å². The molecule has 2 aromatic rings. The van der Waals surface area contributed by atoms with E-state index < -0.39 is 0 Å². The molecule has 0 radical (unpaired) electrons. The van der Waals surface area contributed by atoms with Crippen molar-refractivity contribution in [3.8, 4) is 0 Å². The van der Waals surface area contributed by atoms with Crippen molar-refractivity contribution in [1.29, 1.82) is 0 Å². The smallest absolute Gasteiger partial charge is 0.169 e. The Bertz CT molecular complexity index is 378. The number of aromatic nitrogens is 2. The Kier molecular flexibility index (Phi) is 2.53. The van der Waals surface area contributed by atoms with Gasteiger partial charge in [-0.25, -0.2) is 0 Å². The van der Waals surface area contributed by atoms with Crippen molar-refractivity contribution in [2.45, 2.75) is 20.0 Å². The molecule has 0 aliphatic carbocycles. The quantitative estimate of drug-likeness (QED) is 0.804. The molecule has 0 aromatic carbocycles. The van der Waals surface area contributed by atoms with Gasteiger partial charge in [0.1, 0.15) is 6.26 Å². The Morgan fingerprint density at radius 2 is 2.43 bits per heavy atom. The highest BCUT2D eigenvalue weighted by Gasteiger charge is 1.97. The van der Waals surface area contributed by atoms with Crippen LogP contribution in [0.4, 0.5) is 5.82 Å². The Balaban J connectivity index is 1.92. The van der Waals surface area contributed by atoms with E-state index in [1.54, 1.807) is 12.3 Å². The second kappa shape index (κ2) is 4.00. The molecule has 0 saturated carbocycles. The van der Waals surface area contributed by atoms with E-state index in [4.69, 9.17) is 4.52 Å². The Hall–Kier alpha value is -1.71. The van der Waals surface area contributed by atoms with Crippen LogP contribution in [0.15, 0.2) is 35.3 Å². The first-order valence-corrected chi connectivity index (χ1v) is 4.67. The fourth-order valence-electron chi connectivity index (χ4n) is 1.29. The lowest BCUT2D eigenvalue weighted by Crippen LogP contribution is -1.98. The number of nitrogens with zero attached hydrogens (tertiary/aromatic N) is 2. The Morgan fingerprint density at radius 3 is 3.07 bits per heavy atom. The van der Waals surface area contributed by atoms with Crippen LogP contribution in [0.2, 0.25) is 0 Å². The molecule has 1 N–H and O–H groups in total. The van der Waals surface area contributed by atoms with Crippen molar-refractivity contribution >= 4 is 5.82 Å². The molecule has 0 bridgehead atoms. The molecule has 0 spiro atoms. The summed E-state index contributed by atoms with van der Waals surface area (Å²) in [6.45, 7) is 3.90. The van der Waals surface area contributed by atoms with Gasteiger partial charge in [0.2, 0.25) is 0 Å². The second-order valence-electron chi connectivity index (χ2n) is 3.09. The summed E-state index contributed by atoms with van der Waals surface area (Å²) < 4.78 is 6.85. The fourth-order valence-corrected chi connectivity index (χ4v) is 1.29. The van der Waals surface area contributed by atoms with E-state index in [-0.39, 0.29) is 0 Å². The van der Waals surface area contributed by atoms with Gasteiger partial charge in [-0.3, -0.25) is 0 Å². The van der Waals surface area contributed by atoms with Gasteiger partial charge in [0.25, 0.3) is 0 Å². The number of anilines is 1. The van der Waals surface area contributed by atoms with Crippen molar-refractivity contribution in [1.82, 2.24) is 9.72 Å². The maximum absolute atomic E-state index is 4.71. The van der Waals surface area contributed by atoms with E-state index in [9.17, 15) is 0 Å². The summed E-state index contributed by atoms with van der Waals surface area (Å²) in [6, 6.07) is 3.90. The number of rotatable bonds is 4. The summed E-state index contributed by atoms with van der Waals surface area (Å²) in [4.78, 5) is 0. The van der Waals surface area contributed by atoms with Crippen LogP contribution in [-0.2, 0) is 13.1 Å². The third-order valence-electron chi connectivity index (χ3n) is 2.09. The zero-order valence-electron chi connectivity index (χ0n) is 8.10. The molecule has 2 rings (SSSR count). The van der Waals surface area contributed by atoms with E-state index in [1.165, 1.54) is 5.56 Å². The molecular weight excluding hydrogens is 178 g/mol. The lowest BCUT2D eigenvalue weighted by molar-refractivity contribution is 0.422. The van der Waals surface area contributed by atoms with Gasteiger partial charge < -0.3 is 14.4 Å². The predicted octanol–water partition coefficient (Wildman–Crippen LogP) is 2.11.